The van der Waals surface area contributed by atoms with Crippen molar-refractivity contribution >= 4 is 0 Å². The van der Waals surface area contributed by atoms with E-state index >= 15 is 0 Å². The molecule has 6 rings (SSSR count). The van der Waals surface area contributed by atoms with Crippen LogP contribution in [0.3, 0.4) is 0 Å². The van der Waals surface area contributed by atoms with Gasteiger partial charge in [0.15, 0.2) is 23.0 Å². The third kappa shape index (κ3) is 6.44. The Balaban J connectivity index is 1.63. The largest absolute Gasteiger partial charge is 0.489 e. The third-order valence-corrected chi connectivity index (χ3v) is 11.1. The number of fused-ring (bicyclic) bond motifs is 10. The Morgan fingerprint density at radius 1 is 0.408 bits per heavy atom. The Labute approximate surface area is 295 Å². The predicted molar refractivity (Wildman–Crippen MR) is 203 cm³/mol. The van der Waals surface area contributed by atoms with E-state index in [1.807, 2.05) is 0 Å². The highest BCUT2D eigenvalue weighted by Gasteiger charge is 2.52. The van der Waals surface area contributed by atoms with E-state index in [0.29, 0.717) is 50.1 Å². The SMILES string of the molecule is CCC(C)COc1cc2c(cc1OCC(C)CC)C1(c3ccccc3-c3ccccc31)c1cc(OCC(C)CC)c(OCC(C)CC)cc1-2. The first-order valence-electron chi connectivity index (χ1n) is 18.8. The molecule has 2 aliphatic carbocycles. The molecule has 4 aromatic rings. The molecule has 0 aromatic heterocycles. The maximum absolute atomic E-state index is 6.69. The molecule has 2 aliphatic rings. The van der Waals surface area contributed by atoms with Gasteiger partial charge in [-0.05, 0) is 92.4 Å². The summed E-state index contributed by atoms with van der Waals surface area (Å²) in [6.45, 7) is 20.4. The van der Waals surface area contributed by atoms with Gasteiger partial charge in [-0.2, -0.15) is 0 Å². The fourth-order valence-corrected chi connectivity index (χ4v) is 7.00. The van der Waals surface area contributed by atoms with E-state index in [4.69, 9.17) is 18.9 Å². The highest BCUT2D eigenvalue weighted by atomic mass is 16.5. The maximum atomic E-state index is 6.69. The van der Waals surface area contributed by atoms with Crippen LogP contribution in [-0.4, -0.2) is 26.4 Å². The monoisotopic (exact) mass is 660 g/mol. The lowest BCUT2D eigenvalue weighted by molar-refractivity contribution is 0.217. The molecule has 0 N–H and O–H groups in total. The van der Waals surface area contributed by atoms with Gasteiger partial charge in [-0.25, -0.2) is 0 Å². The van der Waals surface area contributed by atoms with Crippen LogP contribution in [0.4, 0.5) is 0 Å². The normalized spacial score (nSPS) is 15.8. The molecule has 0 saturated heterocycles. The number of rotatable bonds is 16. The van der Waals surface area contributed by atoms with E-state index in [1.54, 1.807) is 0 Å². The Bertz CT molecular complexity index is 1630. The summed E-state index contributed by atoms with van der Waals surface area (Å²) < 4.78 is 26.6. The zero-order valence-electron chi connectivity index (χ0n) is 31.0. The van der Waals surface area contributed by atoms with E-state index in [2.05, 4.69) is 128 Å². The summed E-state index contributed by atoms with van der Waals surface area (Å²) in [6, 6.07) is 26.9. The molecule has 4 unspecified atom stereocenters. The van der Waals surface area contributed by atoms with Crippen LogP contribution in [0, 0.1) is 23.7 Å². The minimum atomic E-state index is -0.536. The van der Waals surface area contributed by atoms with Crippen molar-refractivity contribution < 1.29 is 18.9 Å². The first-order chi connectivity index (χ1) is 23.8. The van der Waals surface area contributed by atoms with E-state index in [0.717, 1.165) is 48.7 Å². The van der Waals surface area contributed by atoms with E-state index in [9.17, 15) is 0 Å². The number of hydrogen-bond donors (Lipinski definition) is 0. The van der Waals surface area contributed by atoms with Gasteiger partial charge in [0.25, 0.3) is 0 Å². The molecule has 0 heterocycles. The molecule has 0 fully saturated rings. The van der Waals surface area contributed by atoms with Gasteiger partial charge in [0.1, 0.15) is 0 Å². The maximum Gasteiger partial charge on any atom is 0.161 e. The second-order valence-electron chi connectivity index (χ2n) is 14.8. The number of benzene rings is 4. The topological polar surface area (TPSA) is 36.9 Å². The fraction of sp³-hybridized carbons (Fsp3) is 0.467. The Hall–Kier alpha value is -3.92. The third-order valence-electron chi connectivity index (χ3n) is 11.1. The summed E-state index contributed by atoms with van der Waals surface area (Å²) in [7, 11) is 0. The first kappa shape index (κ1) is 34.9. The summed E-state index contributed by atoms with van der Waals surface area (Å²) in [5, 5.41) is 0. The summed E-state index contributed by atoms with van der Waals surface area (Å²) >= 11 is 0. The van der Waals surface area contributed by atoms with Crippen molar-refractivity contribution in [3.8, 4) is 45.3 Å². The molecule has 49 heavy (non-hydrogen) atoms. The smallest absolute Gasteiger partial charge is 0.161 e. The Kier molecular flexibility index (Phi) is 10.6. The van der Waals surface area contributed by atoms with Crippen molar-refractivity contribution in [1.29, 1.82) is 0 Å². The lowest BCUT2D eigenvalue weighted by Gasteiger charge is -2.31. The van der Waals surface area contributed by atoms with E-state index in [1.165, 1.54) is 44.5 Å². The van der Waals surface area contributed by atoms with Crippen LogP contribution in [0.5, 0.6) is 23.0 Å². The van der Waals surface area contributed by atoms with E-state index in [-0.39, 0.29) is 0 Å². The van der Waals surface area contributed by atoms with Crippen molar-refractivity contribution in [2.45, 2.75) is 86.5 Å². The quantitative estimate of drug-likeness (QED) is 0.104. The van der Waals surface area contributed by atoms with Crippen LogP contribution in [-0.2, 0) is 5.41 Å². The minimum Gasteiger partial charge on any atom is -0.489 e. The average molecular weight is 661 g/mol. The number of ether oxygens (including phenoxy) is 4. The molecule has 1 spiro atoms. The Morgan fingerprint density at radius 3 is 1.04 bits per heavy atom. The predicted octanol–water partition coefficient (Wildman–Crippen LogP) is 11.7. The van der Waals surface area contributed by atoms with Crippen LogP contribution in [0.1, 0.15) is 103 Å². The summed E-state index contributed by atoms with van der Waals surface area (Å²) in [5.41, 5.74) is 9.37. The lowest BCUT2D eigenvalue weighted by Crippen LogP contribution is -2.26. The molecule has 0 bridgehead atoms. The zero-order valence-corrected chi connectivity index (χ0v) is 31.0. The molecule has 4 heteroatoms. The lowest BCUT2D eigenvalue weighted by atomic mass is 9.70. The van der Waals surface area contributed by atoms with Crippen LogP contribution >= 0.6 is 0 Å². The van der Waals surface area contributed by atoms with Gasteiger partial charge in [-0.15, -0.1) is 0 Å². The molecular weight excluding hydrogens is 604 g/mol. The fourth-order valence-electron chi connectivity index (χ4n) is 7.00. The second-order valence-corrected chi connectivity index (χ2v) is 14.8. The molecular formula is C45H56O4. The van der Waals surface area contributed by atoms with Gasteiger partial charge in [0.2, 0.25) is 0 Å². The van der Waals surface area contributed by atoms with Crippen molar-refractivity contribution in [2.24, 2.45) is 23.7 Å². The van der Waals surface area contributed by atoms with Crippen LogP contribution < -0.4 is 18.9 Å². The molecule has 0 saturated carbocycles. The van der Waals surface area contributed by atoms with Gasteiger partial charge < -0.3 is 18.9 Å². The van der Waals surface area contributed by atoms with Gasteiger partial charge >= 0.3 is 0 Å². The first-order valence-corrected chi connectivity index (χ1v) is 18.8. The molecule has 4 nitrogen and oxygen atoms in total. The summed E-state index contributed by atoms with van der Waals surface area (Å²) in [6.07, 6.45) is 4.24. The highest BCUT2D eigenvalue weighted by molar-refractivity contribution is 5.96. The van der Waals surface area contributed by atoms with Crippen molar-refractivity contribution in [3.63, 3.8) is 0 Å². The van der Waals surface area contributed by atoms with Gasteiger partial charge in [-0.1, -0.05) is 130 Å². The molecule has 4 atom stereocenters. The second kappa shape index (κ2) is 14.9. The minimum absolute atomic E-state index is 0.435. The highest BCUT2D eigenvalue weighted by Crippen LogP contribution is 2.65. The van der Waals surface area contributed by atoms with Crippen molar-refractivity contribution in [2.75, 3.05) is 26.4 Å². The summed E-state index contributed by atoms with van der Waals surface area (Å²) in [4.78, 5) is 0. The van der Waals surface area contributed by atoms with Gasteiger partial charge in [0.05, 0.1) is 31.8 Å². The average Bonchev–Trinajstić information content (AvgIpc) is 3.59. The van der Waals surface area contributed by atoms with Gasteiger partial charge in [-0.3, -0.25) is 0 Å². The molecule has 0 aliphatic heterocycles. The van der Waals surface area contributed by atoms with Crippen molar-refractivity contribution in [3.05, 3.63) is 95.1 Å². The van der Waals surface area contributed by atoms with Crippen LogP contribution in [0.25, 0.3) is 22.3 Å². The molecule has 0 amide bonds. The standard InChI is InChI=1S/C45H56O4/c1-9-29(5)25-46-41-21-35-36-22-42(47-26-30(6)10-2)44(49-28-32(8)12-4)24-40(36)45(39(35)23-43(41)48-27-31(7)11-3)37-19-15-13-17-33(37)34-18-14-16-20-38(34)45/h13-24,29-32H,9-12,25-28H2,1-8H3. The van der Waals surface area contributed by atoms with Crippen molar-refractivity contribution in [1.82, 2.24) is 0 Å². The van der Waals surface area contributed by atoms with Crippen LogP contribution in [0.15, 0.2) is 72.8 Å². The summed E-state index contributed by atoms with van der Waals surface area (Å²) in [5.74, 6) is 5.00. The van der Waals surface area contributed by atoms with E-state index < -0.39 is 5.41 Å². The Morgan fingerprint density at radius 2 is 0.714 bits per heavy atom. The van der Waals surface area contributed by atoms with Crippen LogP contribution in [0.2, 0.25) is 0 Å². The molecule has 260 valence electrons. The number of hydrogen-bond acceptors (Lipinski definition) is 4. The molecule has 4 aromatic carbocycles. The van der Waals surface area contributed by atoms with Gasteiger partial charge in [0, 0.05) is 0 Å². The molecule has 0 radical (unpaired) electrons. The zero-order chi connectivity index (χ0) is 34.7.